The van der Waals surface area contributed by atoms with Crippen molar-refractivity contribution in [3.63, 3.8) is 0 Å². The van der Waals surface area contributed by atoms with Gasteiger partial charge in [-0.05, 0) is 18.6 Å². The van der Waals surface area contributed by atoms with Gasteiger partial charge in [-0.2, -0.15) is 0 Å². The van der Waals surface area contributed by atoms with Gasteiger partial charge < -0.3 is 18.9 Å². The van der Waals surface area contributed by atoms with Crippen LogP contribution in [0, 0.1) is 6.92 Å². The van der Waals surface area contributed by atoms with Gasteiger partial charge in [-0.1, -0.05) is 0 Å². The first kappa shape index (κ1) is 17.0. The highest BCUT2D eigenvalue weighted by Crippen LogP contribution is 2.31. The minimum absolute atomic E-state index is 0.0270. The van der Waals surface area contributed by atoms with E-state index in [0.717, 1.165) is 5.56 Å². The molecule has 7 nitrogen and oxygen atoms in total. The molecule has 0 amide bonds. The van der Waals surface area contributed by atoms with E-state index in [0.29, 0.717) is 12.4 Å². The van der Waals surface area contributed by atoms with Gasteiger partial charge in [0.1, 0.15) is 16.4 Å². The van der Waals surface area contributed by atoms with Gasteiger partial charge in [-0.3, -0.25) is 0 Å². The van der Waals surface area contributed by atoms with Gasteiger partial charge in [0.05, 0.1) is 39.6 Å². The topological polar surface area (TPSA) is 83.1 Å². The Morgan fingerprint density at radius 1 is 1.14 bits per heavy atom. The van der Waals surface area contributed by atoms with Crippen LogP contribution in [0.25, 0.3) is 0 Å². The number of methoxy groups -OCH3 is 3. The third-order valence-electron chi connectivity index (χ3n) is 3.61. The van der Waals surface area contributed by atoms with Gasteiger partial charge in [-0.15, -0.1) is 0 Å². The summed E-state index contributed by atoms with van der Waals surface area (Å²) in [4.78, 5) is 0.0270. The van der Waals surface area contributed by atoms with E-state index >= 15 is 0 Å². The van der Waals surface area contributed by atoms with E-state index in [4.69, 9.17) is 18.9 Å². The molecular formula is C14H21NO6S. The number of hydrogen-bond acceptors (Lipinski definition) is 6. The molecule has 8 heteroatoms. The minimum atomic E-state index is -3.79. The predicted octanol–water partition coefficient (Wildman–Crippen LogP) is 0.704. The molecule has 1 aromatic carbocycles. The first-order valence-corrected chi connectivity index (χ1v) is 8.26. The van der Waals surface area contributed by atoms with Gasteiger partial charge in [0, 0.05) is 13.2 Å². The number of hydrogen-bond donors (Lipinski definition) is 1. The minimum Gasteiger partial charge on any atom is -0.496 e. The third kappa shape index (κ3) is 3.35. The van der Waals surface area contributed by atoms with Crippen LogP contribution in [0.1, 0.15) is 5.56 Å². The summed E-state index contributed by atoms with van der Waals surface area (Å²) < 4.78 is 48.8. The number of nitrogens with one attached hydrogen (secondary N) is 1. The SMILES string of the molecule is COc1cc(S(=O)(=O)N[C@H]2COC[C@@H]2OC)c(OC)cc1C. The molecule has 0 unspecified atom stereocenters. The van der Waals surface area contributed by atoms with Gasteiger partial charge in [0.25, 0.3) is 0 Å². The van der Waals surface area contributed by atoms with Crippen LogP contribution in [0.3, 0.4) is 0 Å². The van der Waals surface area contributed by atoms with E-state index in [-0.39, 0.29) is 23.4 Å². The summed E-state index contributed by atoms with van der Waals surface area (Å²) in [7, 11) is 0.648. The maximum absolute atomic E-state index is 12.7. The average Bonchev–Trinajstić information content (AvgIpc) is 2.92. The first-order valence-electron chi connectivity index (χ1n) is 6.78. The summed E-state index contributed by atoms with van der Waals surface area (Å²) in [6.45, 7) is 2.44. The second kappa shape index (κ2) is 6.82. The first-order chi connectivity index (χ1) is 10.4. The monoisotopic (exact) mass is 331 g/mol. The van der Waals surface area contributed by atoms with Crippen molar-refractivity contribution >= 4 is 10.0 Å². The fraction of sp³-hybridized carbons (Fsp3) is 0.571. The lowest BCUT2D eigenvalue weighted by atomic mass is 10.2. The van der Waals surface area contributed by atoms with Crippen LogP contribution in [0.15, 0.2) is 17.0 Å². The largest absolute Gasteiger partial charge is 0.496 e. The van der Waals surface area contributed by atoms with Gasteiger partial charge in [0.15, 0.2) is 0 Å². The van der Waals surface area contributed by atoms with E-state index in [9.17, 15) is 8.42 Å². The molecule has 2 rings (SSSR count). The Balaban J connectivity index is 2.36. The van der Waals surface area contributed by atoms with Crippen LogP contribution in [-0.4, -0.2) is 55.1 Å². The molecule has 0 aliphatic carbocycles. The highest BCUT2D eigenvalue weighted by atomic mass is 32.2. The average molecular weight is 331 g/mol. The zero-order chi connectivity index (χ0) is 16.3. The van der Waals surface area contributed by atoms with Crippen molar-refractivity contribution in [2.45, 2.75) is 24.0 Å². The molecule has 0 bridgehead atoms. The summed E-state index contributed by atoms with van der Waals surface area (Å²) in [6.07, 6.45) is -0.312. The fourth-order valence-corrected chi connectivity index (χ4v) is 3.79. The Kier molecular flexibility index (Phi) is 5.28. The summed E-state index contributed by atoms with van der Waals surface area (Å²) in [5.74, 6) is 0.742. The molecule has 0 aromatic heterocycles. The summed E-state index contributed by atoms with van der Waals surface area (Å²) in [6, 6.07) is 2.65. The Hall–Kier alpha value is -1.35. The molecule has 22 heavy (non-hydrogen) atoms. The van der Waals surface area contributed by atoms with Gasteiger partial charge in [0.2, 0.25) is 10.0 Å². The highest BCUT2D eigenvalue weighted by molar-refractivity contribution is 7.89. The number of rotatable bonds is 6. The molecule has 1 aromatic rings. The van der Waals surface area contributed by atoms with Crippen molar-refractivity contribution in [1.29, 1.82) is 0 Å². The Bertz CT molecular complexity index is 630. The molecular weight excluding hydrogens is 310 g/mol. The molecule has 1 aliphatic rings. The number of benzene rings is 1. The fourth-order valence-electron chi connectivity index (χ4n) is 2.37. The zero-order valence-electron chi connectivity index (χ0n) is 13.1. The Morgan fingerprint density at radius 2 is 1.82 bits per heavy atom. The van der Waals surface area contributed by atoms with Crippen molar-refractivity contribution in [2.75, 3.05) is 34.5 Å². The maximum Gasteiger partial charge on any atom is 0.244 e. The molecule has 1 heterocycles. The lowest BCUT2D eigenvalue weighted by molar-refractivity contribution is 0.0761. The summed E-state index contributed by atoms with van der Waals surface area (Å²) in [5.41, 5.74) is 0.789. The van der Waals surface area contributed by atoms with Crippen molar-refractivity contribution in [3.05, 3.63) is 17.7 Å². The Labute approximate surface area is 130 Å². The molecule has 1 N–H and O–H groups in total. The van der Waals surface area contributed by atoms with Crippen molar-refractivity contribution in [1.82, 2.24) is 4.72 Å². The van der Waals surface area contributed by atoms with E-state index in [1.165, 1.54) is 27.4 Å². The Morgan fingerprint density at radius 3 is 2.41 bits per heavy atom. The van der Waals surface area contributed by atoms with E-state index in [2.05, 4.69) is 4.72 Å². The van der Waals surface area contributed by atoms with Gasteiger partial charge >= 0.3 is 0 Å². The quantitative estimate of drug-likeness (QED) is 0.826. The van der Waals surface area contributed by atoms with Crippen LogP contribution < -0.4 is 14.2 Å². The third-order valence-corrected chi connectivity index (χ3v) is 5.12. The van der Waals surface area contributed by atoms with Crippen molar-refractivity contribution < 1.29 is 27.4 Å². The second-order valence-electron chi connectivity index (χ2n) is 5.01. The van der Waals surface area contributed by atoms with Crippen LogP contribution in [0.5, 0.6) is 11.5 Å². The van der Waals surface area contributed by atoms with Crippen molar-refractivity contribution in [3.8, 4) is 11.5 Å². The van der Waals surface area contributed by atoms with Crippen LogP contribution in [0.2, 0.25) is 0 Å². The van der Waals surface area contributed by atoms with Crippen molar-refractivity contribution in [2.24, 2.45) is 0 Å². The summed E-state index contributed by atoms with van der Waals surface area (Å²) >= 11 is 0. The maximum atomic E-state index is 12.7. The normalized spacial score (nSPS) is 21.8. The van der Waals surface area contributed by atoms with E-state index in [1.807, 2.05) is 6.92 Å². The van der Waals surface area contributed by atoms with Crippen LogP contribution in [0.4, 0.5) is 0 Å². The predicted molar refractivity (Wildman–Crippen MR) is 80.0 cm³/mol. The molecule has 124 valence electrons. The van der Waals surface area contributed by atoms with Gasteiger partial charge in [-0.25, -0.2) is 13.1 Å². The molecule has 0 radical (unpaired) electrons. The molecule has 1 aliphatic heterocycles. The number of ether oxygens (including phenoxy) is 4. The highest BCUT2D eigenvalue weighted by Gasteiger charge is 2.33. The molecule has 0 saturated carbocycles. The molecule has 1 fully saturated rings. The number of aryl methyl sites for hydroxylation is 1. The second-order valence-corrected chi connectivity index (χ2v) is 6.69. The smallest absolute Gasteiger partial charge is 0.244 e. The molecule has 0 spiro atoms. The lowest BCUT2D eigenvalue weighted by Crippen LogP contribution is -2.43. The lowest BCUT2D eigenvalue weighted by Gasteiger charge is -2.19. The summed E-state index contributed by atoms with van der Waals surface area (Å²) in [5, 5.41) is 0. The zero-order valence-corrected chi connectivity index (χ0v) is 13.9. The number of sulfonamides is 1. The molecule has 1 saturated heterocycles. The van der Waals surface area contributed by atoms with E-state index in [1.54, 1.807) is 6.07 Å². The standard InChI is InChI=1S/C14H21NO6S/c1-9-5-12(19-3)14(6-11(9)18-2)22(16,17)15-10-7-21-8-13(10)20-4/h5-6,10,13,15H,7-8H2,1-4H3/t10-,13-/m0/s1. The van der Waals surface area contributed by atoms with Crippen LogP contribution >= 0.6 is 0 Å². The van der Waals surface area contributed by atoms with Crippen LogP contribution in [-0.2, 0) is 19.5 Å². The molecule has 2 atom stereocenters. The van der Waals surface area contributed by atoms with E-state index < -0.39 is 16.1 Å².